The molecule has 0 unspecified atom stereocenters. The molecule has 0 aliphatic rings. The fraction of sp³-hybridized carbons (Fsp3) is 0.286. The highest BCUT2D eigenvalue weighted by atomic mass is 31.1. The van der Waals surface area contributed by atoms with Gasteiger partial charge in [-0.3, -0.25) is 0 Å². The van der Waals surface area contributed by atoms with Crippen LogP contribution in [0.2, 0.25) is 0 Å². The predicted octanol–water partition coefficient (Wildman–Crippen LogP) is 2.50. The van der Waals surface area contributed by atoms with Crippen LogP contribution in [-0.4, -0.2) is 12.5 Å². The molecule has 0 heterocycles. The molecular formula is C7H11P. The second-order valence-corrected chi connectivity index (χ2v) is 2.34. The van der Waals surface area contributed by atoms with Crippen molar-refractivity contribution in [2.24, 2.45) is 0 Å². The van der Waals surface area contributed by atoms with Gasteiger partial charge in [0, 0.05) is 0 Å². The van der Waals surface area contributed by atoms with Crippen LogP contribution in [0.25, 0.3) is 0 Å². The lowest BCUT2D eigenvalue weighted by Crippen LogP contribution is -1.64. The van der Waals surface area contributed by atoms with Crippen molar-refractivity contribution in [3.63, 3.8) is 0 Å². The molecule has 0 nitrogen and oxygen atoms in total. The zero-order chi connectivity index (χ0) is 6.41. The summed E-state index contributed by atoms with van der Waals surface area (Å²) in [7, 11) is 1.30. The van der Waals surface area contributed by atoms with Crippen LogP contribution in [0.15, 0.2) is 24.3 Å². The van der Waals surface area contributed by atoms with E-state index in [-0.39, 0.29) is 0 Å². The van der Waals surface area contributed by atoms with Gasteiger partial charge in [0.05, 0.1) is 0 Å². The van der Waals surface area contributed by atoms with Crippen LogP contribution in [0.1, 0.15) is 6.92 Å². The molecule has 44 valence electrons. The molecule has 0 atom stereocenters. The molecule has 0 amide bonds. The Kier molecular flexibility index (Phi) is 4.59. The predicted molar refractivity (Wildman–Crippen MR) is 42.9 cm³/mol. The molecule has 0 fully saturated rings. The molecule has 0 aromatic heterocycles. The topological polar surface area (TPSA) is 0 Å². The minimum Gasteiger partial charge on any atom is -0.108 e. The molecular weight excluding hydrogens is 115 g/mol. The van der Waals surface area contributed by atoms with E-state index in [0.29, 0.717) is 0 Å². The average molecular weight is 126 g/mol. The Balaban J connectivity index is 3.74. The Morgan fingerprint density at radius 1 is 1.62 bits per heavy atom. The van der Waals surface area contributed by atoms with Crippen molar-refractivity contribution in [2.45, 2.75) is 6.92 Å². The van der Waals surface area contributed by atoms with Gasteiger partial charge < -0.3 is 0 Å². The molecule has 0 aromatic rings. The van der Waals surface area contributed by atoms with E-state index in [0.717, 1.165) is 0 Å². The lowest BCUT2D eigenvalue weighted by atomic mass is 10.3. The summed E-state index contributed by atoms with van der Waals surface area (Å²) in [6, 6.07) is 0. The van der Waals surface area contributed by atoms with E-state index >= 15 is 0 Å². The zero-order valence-corrected chi connectivity index (χ0v) is 6.28. The first-order chi connectivity index (χ1) is 3.81. The van der Waals surface area contributed by atoms with Crippen LogP contribution in [0.4, 0.5) is 0 Å². The molecule has 0 aliphatic carbocycles. The first kappa shape index (κ1) is 7.65. The molecule has 0 N–H and O–H groups in total. The quantitative estimate of drug-likeness (QED) is 0.394. The summed E-state index contributed by atoms with van der Waals surface area (Å²) in [4.78, 5) is 0. The fourth-order valence-corrected chi connectivity index (χ4v) is 0.644. The Morgan fingerprint density at radius 3 is 2.62 bits per heavy atom. The molecule has 0 bridgehead atoms. The molecule has 0 radical (unpaired) electrons. The lowest BCUT2D eigenvalue weighted by molar-refractivity contribution is 1.56. The third-order valence-corrected chi connectivity index (χ3v) is 1.26. The standard InChI is InChI=1S/C7H11P/c1-4-7(2)5-6-8-3/h4-6H,1H2,2-3H3/b7-5-. The van der Waals surface area contributed by atoms with Crippen molar-refractivity contribution in [3.8, 4) is 0 Å². The second-order valence-electron chi connectivity index (χ2n) is 1.52. The van der Waals surface area contributed by atoms with E-state index < -0.39 is 0 Å². The molecule has 0 spiro atoms. The summed E-state index contributed by atoms with van der Waals surface area (Å²) in [5.41, 5.74) is 1.22. The van der Waals surface area contributed by atoms with Crippen molar-refractivity contribution < 1.29 is 0 Å². The SMILES string of the molecule is C=C/C(C)=C\C=PC. The third-order valence-electron chi connectivity index (χ3n) is 0.808. The molecule has 0 rings (SSSR count). The minimum atomic E-state index is 1.22. The molecule has 0 aromatic carbocycles. The number of hydrogen-bond acceptors (Lipinski definition) is 0. The van der Waals surface area contributed by atoms with Crippen LogP contribution in [0.5, 0.6) is 0 Å². The summed E-state index contributed by atoms with van der Waals surface area (Å²) >= 11 is 0. The number of hydrogen-bond donors (Lipinski definition) is 0. The Bertz CT molecular complexity index is 120. The fourth-order valence-electron chi connectivity index (χ4n) is 0.260. The van der Waals surface area contributed by atoms with E-state index in [1.54, 1.807) is 0 Å². The highest BCUT2D eigenvalue weighted by molar-refractivity contribution is 7.38. The molecule has 8 heavy (non-hydrogen) atoms. The highest BCUT2D eigenvalue weighted by Crippen LogP contribution is 1.91. The first-order valence-corrected chi connectivity index (χ1v) is 3.94. The Hall–Kier alpha value is -0.350. The second kappa shape index (κ2) is 4.80. The van der Waals surface area contributed by atoms with Crippen molar-refractivity contribution in [2.75, 3.05) is 6.66 Å². The summed E-state index contributed by atoms with van der Waals surface area (Å²) in [5.74, 6) is 2.09. The van der Waals surface area contributed by atoms with Gasteiger partial charge in [0.1, 0.15) is 0 Å². The van der Waals surface area contributed by atoms with Gasteiger partial charge in [-0.25, -0.2) is 0 Å². The number of rotatable bonds is 2. The van der Waals surface area contributed by atoms with Crippen molar-refractivity contribution >= 4 is 14.0 Å². The van der Waals surface area contributed by atoms with Gasteiger partial charge in [-0.1, -0.05) is 24.3 Å². The smallest absolute Gasteiger partial charge is 0.0223 e. The van der Waals surface area contributed by atoms with Crippen LogP contribution in [0.3, 0.4) is 0 Å². The van der Waals surface area contributed by atoms with Gasteiger partial charge in [0.25, 0.3) is 0 Å². The Labute approximate surface area is 52.7 Å². The van der Waals surface area contributed by atoms with Crippen LogP contribution in [-0.2, 0) is 0 Å². The summed E-state index contributed by atoms with van der Waals surface area (Å²) in [6.45, 7) is 7.75. The van der Waals surface area contributed by atoms with Crippen molar-refractivity contribution in [3.05, 3.63) is 24.3 Å². The summed E-state index contributed by atoms with van der Waals surface area (Å²) in [5, 5.41) is 0. The third kappa shape index (κ3) is 3.83. The van der Waals surface area contributed by atoms with E-state index in [2.05, 4.69) is 25.1 Å². The monoisotopic (exact) mass is 126 g/mol. The Morgan fingerprint density at radius 2 is 2.25 bits per heavy atom. The van der Waals surface area contributed by atoms with Gasteiger partial charge in [-0.15, -0.1) is 8.20 Å². The van der Waals surface area contributed by atoms with Crippen molar-refractivity contribution in [1.29, 1.82) is 0 Å². The average Bonchev–Trinajstić information content (AvgIpc) is 1.83. The van der Waals surface area contributed by atoms with Crippen LogP contribution >= 0.6 is 8.20 Å². The van der Waals surface area contributed by atoms with Crippen molar-refractivity contribution in [1.82, 2.24) is 0 Å². The summed E-state index contributed by atoms with van der Waals surface area (Å²) < 4.78 is 0. The highest BCUT2D eigenvalue weighted by Gasteiger charge is 1.70. The zero-order valence-electron chi connectivity index (χ0n) is 5.39. The van der Waals surface area contributed by atoms with E-state index in [1.165, 1.54) is 13.8 Å². The molecule has 0 aliphatic heterocycles. The van der Waals surface area contributed by atoms with E-state index in [1.807, 2.05) is 13.0 Å². The van der Waals surface area contributed by atoms with Crippen LogP contribution < -0.4 is 0 Å². The maximum atomic E-state index is 3.62. The number of allylic oxidation sites excluding steroid dienone is 3. The van der Waals surface area contributed by atoms with Gasteiger partial charge in [-0.2, -0.15) is 0 Å². The van der Waals surface area contributed by atoms with E-state index in [4.69, 9.17) is 0 Å². The van der Waals surface area contributed by atoms with E-state index in [9.17, 15) is 0 Å². The van der Waals surface area contributed by atoms with Crippen LogP contribution in [0, 0.1) is 0 Å². The molecule has 0 saturated heterocycles. The van der Waals surface area contributed by atoms with Gasteiger partial charge in [0.2, 0.25) is 0 Å². The van der Waals surface area contributed by atoms with Gasteiger partial charge in [-0.05, 0) is 19.4 Å². The minimum absolute atomic E-state index is 1.22. The summed E-state index contributed by atoms with van der Waals surface area (Å²) in [6.07, 6.45) is 3.91. The lowest BCUT2D eigenvalue weighted by Gasteiger charge is -1.81. The normalized spacial score (nSPS) is 12.5. The largest absolute Gasteiger partial charge is 0.108 e. The first-order valence-electron chi connectivity index (χ1n) is 2.52. The maximum Gasteiger partial charge on any atom is -0.0223 e. The maximum absolute atomic E-state index is 3.62. The van der Waals surface area contributed by atoms with Gasteiger partial charge >= 0.3 is 0 Å². The molecule has 1 heteroatoms. The molecule has 0 saturated carbocycles. The van der Waals surface area contributed by atoms with Gasteiger partial charge in [0.15, 0.2) is 0 Å².